The highest BCUT2D eigenvalue weighted by Crippen LogP contribution is 2.33. The second kappa shape index (κ2) is 5.22. The summed E-state index contributed by atoms with van der Waals surface area (Å²) < 4.78 is 37.5. The van der Waals surface area contributed by atoms with Crippen molar-refractivity contribution in [2.75, 3.05) is 0 Å². The van der Waals surface area contributed by atoms with Crippen LogP contribution in [0, 0.1) is 0 Å². The molecule has 0 unspecified atom stereocenters. The summed E-state index contributed by atoms with van der Waals surface area (Å²) in [6.07, 6.45) is -1.78. The minimum Gasteiger partial charge on any atom is -0.309 e. The van der Waals surface area contributed by atoms with Crippen LogP contribution in [0.25, 0.3) is 10.4 Å². The number of thiophene rings is 1. The Balaban J connectivity index is 1.71. The number of alkyl halides is 3. The summed E-state index contributed by atoms with van der Waals surface area (Å²) in [7, 11) is 0. The summed E-state index contributed by atoms with van der Waals surface area (Å²) in [6.45, 7) is 0.843. The van der Waals surface area contributed by atoms with Crippen LogP contribution in [0.5, 0.6) is 0 Å². The first-order valence-corrected chi connectivity index (χ1v) is 7.34. The lowest BCUT2D eigenvalue weighted by atomic mass is 10.1. The molecule has 20 heavy (non-hydrogen) atoms. The summed E-state index contributed by atoms with van der Waals surface area (Å²) in [6, 6.07) is 10.0. The van der Waals surface area contributed by atoms with E-state index >= 15 is 0 Å². The maximum atomic E-state index is 12.5. The fraction of sp³-hybridized carbons (Fsp3) is 0.333. The van der Waals surface area contributed by atoms with Crippen LogP contribution in [0.4, 0.5) is 13.2 Å². The van der Waals surface area contributed by atoms with Crippen molar-refractivity contribution in [3.63, 3.8) is 0 Å². The van der Waals surface area contributed by atoms with Gasteiger partial charge in [0, 0.05) is 22.3 Å². The third-order valence-electron chi connectivity index (χ3n) is 3.30. The lowest BCUT2D eigenvalue weighted by Gasteiger charge is -2.06. The molecule has 0 radical (unpaired) electrons. The Bertz CT molecular complexity index is 582. The first-order chi connectivity index (χ1) is 9.52. The Morgan fingerprint density at radius 2 is 1.75 bits per heavy atom. The van der Waals surface area contributed by atoms with Gasteiger partial charge >= 0.3 is 6.18 Å². The van der Waals surface area contributed by atoms with Gasteiger partial charge in [-0.05, 0) is 42.7 Å². The molecule has 1 aromatic carbocycles. The molecule has 1 N–H and O–H groups in total. The van der Waals surface area contributed by atoms with Crippen LogP contribution < -0.4 is 5.32 Å². The molecule has 0 bridgehead atoms. The highest BCUT2D eigenvalue weighted by molar-refractivity contribution is 7.15. The predicted octanol–water partition coefficient (Wildman–Crippen LogP) is 4.69. The lowest BCUT2D eigenvalue weighted by Crippen LogP contribution is -2.14. The lowest BCUT2D eigenvalue weighted by molar-refractivity contribution is -0.137. The number of nitrogens with one attached hydrogen (secondary N) is 1. The Hall–Kier alpha value is -1.33. The van der Waals surface area contributed by atoms with Crippen molar-refractivity contribution in [3.05, 3.63) is 46.8 Å². The molecule has 106 valence electrons. The molecule has 1 aliphatic carbocycles. The summed E-state index contributed by atoms with van der Waals surface area (Å²) >= 11 is 1.63. The fourth-order valence-electron chi connectivity index (χ4n) is 1.98. The van der Waals surface area contributed by atoms with Crippen LogP contribution in [0.2, 0.25) is 0 Å². The van der Waals surface area contributed by atoms with Crippen LogP contribution >= 0.6 is 11.3 Å². The standard InChI is InChI=1S/C15H14F3NS/c16-15(17,18)11-3-1-10(2-4-11)14-8-7-13(20-14)9-19-12-5-6-12/h1-4,7-8,12,19H,5-6,9H2. The summed E-state index contributed by atoms with van der Waals surface area (Å²) in [5, 5.41) is 3.43. The van der Waals surface area contributed by atoms with Gasteiger partial charge in [0.15, 0.2) is 0 Å². The second-order valence-corrected chi connectivity index (χ2v) is 6.16. The third-order valence-corrected chi connectivity index (χ3v) is 4.44. The highest BCUT2D eigenvalue weighted by atomic mass is 32.1. The van der Waals surface area contributed by atoms with Gasteiger partial charge < -0.3 is 5.32 Å². The van der Waals surface area contributed by atoms with Crippen molar-refractivity contribution in [2.24, 2.45) is 0 Å². The molecule has 0 atom stereocenters. The van der Waals surface area contributed by atoms with E-state index in [9.17, 15) is 13.2 Å². The SMILES string of the molecule is FC(F)(F)c1ccc(-c2ccc(CNC3CC3)s2)cc1. The Kier molecular flexibility index (Phi) is 3.56. The van der Waals surface area contributed by atoms with Crippen LogP contribution in [0.15, 0.2) is 36.4 Å². The number of halogens is 3. The Labute approximate surface area is 119 Å². The van der Waals surface area contributed by atoms with Crippen molar-refractivity contribution < 1.29 is 13.2 Å². The van der Waals surface area contributed by atoms with Crippen LogP contribution in [0.1, 0.15) is 23.3 Å². The van der Waals surface area contributed by atoms with Gasteiger partial charge in [-0.2, -0.15) is 13.2 Å². The molecule has 1 nitrogen and oxygen atoms in total. The van der Waals surface area contributed by atoms with Gasteiger partial charge in [0.2, 0.25) is 0 Å². The molecule has 2 aromatic rings. The van der Waals surface area contributed by atoms with E-state index in [4.69, 9.17) is 0 Å². The van der Waals surface area contributed by atoms with Crippen LogP contribution in [-0.2, 0) is 12.7 Å². The minimum atomic E-state index is -4.27. The van der Waals surface area contributed by atoms with Crippen molar-refractivity contribution in [1.82, 2.24) is 5.32 Å². The van der Waals surface area contributed by atoms with E-state index in [1.54, 1.807) is 11.3 Å². The molecule has 0 amide bonds. The number of rotatable bonds is 4. The zero-order valence-electron chi connectivity index (χ0n) is 10.7. The summed E-state index contributed by atoms with van der Waals surface area (Å²) in [5.74, 6) is 0. The zero-order chi connectivity index (χ0) is 14.2. The smallest absolute Gasteiger partial charge is 0.309 e. The minimum absolute atomic E-state index is 0.603. The van der Waals surface area contributed by atoms with Crippen molar-refractivity contribution in [3.8, 4) is 10.4 Å². The van der Waals surface area contributed by atoms with Crippen LogP contribution in [0.3, 0.4) is 0 Å². The van der Waals surface area contributed by atoms with E-state index in [2.05, 4.69) is 5.32 Å². The fourth-order valence-corrected chi connectivity index (χ4v) is 2.95. The Morgan fingerprint density at radius 1 is 1.05 bits per heavy atom. The van der Waals surface area contributed by atoms with Gasteiger partial charge in [-0.25, -0.2) is 0 Å². The first-order valence-electron chi connectivity index (χ1n) is 6.52. The van der Waals surface area contributed by atoms with E-state index in [-0.39, 0.29) is 0 Å². The maximum Gasteiger partial charge on any atom is 0.416 e. The molecule has 1 fully saturated rings. The average molecular weight is 297 g/mol. The predicted molar refractivity (Wildman–Crippen MR) is 74.6 cm³/mol. The second-order valence-electron chi connectivity index (χ2n) is 5.00. The van der Waals surface area contributed by atoms with E-state index in [1.807, 2.05) is 12.1 Å². The normalized spacial score (nSPS) is 15.6. The number of hydrogen-bond donors (Lipinski definition) is 1. The first kappa shape index (κ1) is 13.6. The number of hydrogen-bond acceptors (Lipinski definition) is 2. The molecule has 1 aliphatic rings. The Morgan fingerprint density at radius 3 is 2.35 bits per heavy atom. The van der Waals surface area contributed by atoms with Gasteiger partial charge in [0.1, 0.15) is 0 Å². The van der Waals surface area contributed by atoms with Gasteiger partial charge in [-0.1, -0.05) is 12.1 Å². The topological polar surface area (TPSA) is 12.0 Å². The molecule has 5 heteroatoms. The molecular formula is C15H14F3NS. The number of benzene rings is 1. The quantitative estimate of drug-likeness (QED) is 0.863. The van der Waals surface area contributed by atoms with Crippen molar-refractivity contribution in [2.45, 2.75) is 31.6 Å². The molecule has 0 saturated heterocycles. The van der Waals surface area contributed by atoms with E-state index in [0.717, 1.165) is 29.1 Å². The maximum absolute atomic E-state index is 12.5. The van der Waals surface area contributed by atoms with E-state index in [0.29, 0.717) is 6.04 Å². The van der Waals surface area contributed by atoms with Gasteiger partial charge in [0.25, 0.3) is 0 Å². The van der Waals surface area contributed by atoms with E-state index < -0.39 is 11.7 Å². The molecule has 3 rings (SSSR count). The van der Waals surface area contributed by atoms with Gasteiger partial charge in [0.05, 0.1) is 5.56 Å². The van der Waals surface area contributed by atoms with Gasteiger partial charge in [-0.3, -0.25) is 0 Å². The molecular weight excluding hydrogens is 283 g/mol. The molecule has 0 spiro atoms. The van der Waals surface area contributed by atoms with Gasteiger partial charge in [-0.15, -0.1) is 11.3 Å². The summed E-state index contributed by atoms with van der Waals surface area (Å²) in [4.78, 5) is 2.22. The monoisotopic (exact) mass is 297 g/mol. The third kappa shape index (κ3) is 3.22. The average Bonchev–Trinajstić information content (AvgIpc) is 3.13. The van der Waals surface area contributed by atoms with Crippen molar-refractivity contribution in [1.29, 1.82) is 0 Å². The molecule has 1 aromatic heterocycles. The zero-order valence-corrected chi connectivity index (χ0v) is 11.5. The molecule has 1 saturated carbocycles. The largest absolute Gasteiger partial charge is 0.416 e. The van der Waals surface area contributed by atoms with Crippen LogP contribution in [-0.4, -0.2) is 6.04 Å². The molecule has 1 heterocycles. The highest BCUT2D eigenvalue weighted by Gasteiger charge is 2.30. The summed E-state index contributed by atoms with van der Waals surface area (Å²) in [5.41, 5.74) is 0.231. The molecule has 0 aliphatic heterocycles. The van der Waals surface area contributed by atoms with Crippen molar-refractivity contribution >= 4 is 11.3 Å². The van der Waals surface area contributed by atoms with E-state index in [1.165, 1.54) is 29.9 Å².